The first-order chi connectivity index (χ1) is 15.9. The summed E-state index contributed by atoms with van der Waals surface area (Å²) in [5.41, 5.74) is 2.69. The van der Waals surface area contributed by atoms with E-state index in [4.69, 9.17) is 0 Å². The number of pyridine rings is 1. The Morgan fingerprint density at radius 2 is 1.97 bits per heavy atom. The quantitative estimate of drug-likeness (QED) is 0.509. The maximum atomic E-state index is 12.6. The highest BCUT2D eigenvalue weighted by Gasteiger charge is 2.28. The number of fused-ring (bicyclic) bond motifs is 1. The normalized spacial score (nSPS) is 13.8. The van der Waals surface area contributed by atoms with Crippen molar-refractivity contribution < 1.29 is 4.79 Å². The van der Waals surface area contributed by atoms with Gasteiger partial charge in [-0.3, -0.25) is 14.2 Å². The number of likely N-dealkylation sites (tertiary alicyclic amines) is 1. The summed E-state index contributed by atoms with van der Waals surface area (Å²) in [6.07, 6.45) is 4.88. The van der Waals surface area contributed by atoms with Gasteiger partial charge in [0.2, 0.25) is 11.9 Å². The van der Waals surface area contributed by atoms with Crippen LogP contribution in [0.5, 0.6) is 0 Å². The monoisotopic (exact) mass is 446 g/mol. The predicted octanol–water partition coefficient (Wildman–Crippen LogP) is 2.67. The minimum absolute atomic E-state index is 0.0391. The molecule has 0 radical (unpaired) electrons. The fraction of sp³-hybridized carbons (Fsp3) is 0.360. The molecule has 1 N–H and O–H groups in total. The summed E-state index contributed by atoms with van der Waals surface area (Å²) in [4.78, 5) is 37.2. The molecule has 1 aromatic carbocycles. The molecule has 33 heavy (non-hydrogen) atoms. The van der Waals surface area contributed by atoms with Gasteiger partial charge in [0.15, 0.2) is 0 Å². The number of carbonyl (C=O) groups excluding carboxylic acids is 1. The molecule has 172 valence electrons. The number of likely N-dealkylation sites (N-methyl/N-ethyl adjacent to an activating group) is 1. The van der Waals surface area contributed by atoms with E-state index in [2.05, 4.69) is 53.0 Å². The Hall–Kier alpha value is -3.52. The van der Waals surface area contributed by atoms with Gasteiger partial charge in [-0.1, -0.05) is 18.7 Å². The van der Waals surface area contributed by atoms with Crippen LogP contribution in [0.15, 0.2) is 60.0 Å². The summed E-state index contributed by atoms with van der Waals surface area (Å²) in [6.45, 7) is 6.49. The molecule has 0 spiro atoms. The molecule has 2 aromatic heterocycles. The van der Waals surface area contributed by atoms with Crippen molar-refractivity contribution in [2.75, 3.05) is 39.0 Å². The van der Waals surface area contributed by atoms with Crippen molar-refractivity contribution >= 4 is 28.6 Å². The van der Waals surface area contributed by atoms with E-state index in [-0.39, 0.29) is 11.5 Å². The lowest BCUT2D eigenvalue weighted by molar-refractivity contribution is -0.132. The third-order valence-electron chi connectivity index (χ3n) is 5.99. The molecule has 3 aromatic rings. The van der Waals surface area contributed by atoms with E-state index >= 15 is 0 Å². The first-order valence-electron chi connectivity index (χ1n) is 11.2. The van der Waals surface area contributed by atoms with Crippen molar-refractivity contribution in [2.24, 2.45) is 5.92 Å². The van der Waals surface area contributed by atoms with E-state index in [1.54, 1.807) is 27.8 Å². The Bertz CT molecular complexity index is 1200. The van der Waals surface area contributed by atoms with Gasteiger partial charge in [-0.05, 0) is 62.7 Å². The van der Waals surface area contributed by atoms with Crippen molar-refractivity contribution in [3.63, 3.8) is 0 Å². The van der Waals surface area contributed by atoms with E-state index in [9.17, 15) is 9.59 Å². The Balaban J connectivity index is 1.46. The van der Waals surface area contributed by atoms with Crippen LogP contribution in [0.4, 0.5) is 11.6 Å². The molecular weight excluding hydrogens is 416 g/mol. The molecule has 1 aliphatic rings. The van der Waals surface area contributed by atoms with Gasteiger partial charge in [-0.15, -0.1) is 0 Å². The predicted molar refractivity (Wildman–Crippen MR) is 131 cm³/mol. The minimum atomic E-state index is -0.0873. The maximum absolute atomic E-state index is 12.6. The first kappa shape index (κ1) is 22.7. The molecule has 1 saturated heterocycles. The molecule has 4 rings (SSSR count). The first-order valence-corrected chi connectivity index (χ1v) is 11.2. The standard InChI is InChI=1S/C25H30N6O2/c1-4-22(32)30-16-19(17-30)12-14-31-23(33)10-7-20-15-26-25(28-24(20)31)27-21-8-5-18(6-9-21)11-13-29(2)3/h4-10,15,19H,1,11-14,16-17H2,2-3H3,(H,26,27,28). The summed E-state index contributed by atoms with van der Waals surface area (Å²) < 4.78 is 1.70. The van der Waals surface area contributed by atoms with Gasteiger partial charge >= 0.3 is 0 Å². The van der Waals surface area contributed by atoms with E-state index < -0.39 is 0 Å². The van der Waals surface area contributed by atoms with Crippen molar-refractivity contribution in [2.45, 2.75) is 19.4 Å². The number of anilines is 2. The van der Waals surface area contributed by atoms with Gasteiger partial charge < -0.3 is 15.1 Å². The van der Waals surface area contributed by atoms with Crippen LogP contribution in [0.25, 0.3) is 11.0 Å². The van der Waals surface area contributed by atoms with Crippen LogP contribution in [0, 0.1) is 5.92 Å². The van der Waals surface area contributed by atoms with Gasteiger partial charge in [0.1, 0.15) is 5.65 Å². The molecule has 0 aliphatic carbocycles. The number of nitrogens with zero attached hydrogens (tertiary/aromatic N) is 5. The van der Waals surface area contributed by atoms with Crippen LogP contribution in [-0.4, -0.2) is 64.0 Å². The third-order valence-corrected chi connectivity index (χ3v) is 5.99. The highest BCUT2D eigenvalue weighted by atomic mass is 16.2. The molecular formula is C25H30N6O2. The third kappa shape index (κ3) is 5.46. The molecule has 0 saturated carbocycles. The van der Waals surface area contributed by atoms with Gasteiger partial charge in [0.25, 0.3) is 5.56 Å². The van der Waals surface area contributed by atoms with Crippen molar-refractivity contribution in [3.8, 4) is 0 Å². The molecule has 0 unspecified atom stereocenters. The van der Waals surface area contributed by atoms with Crippen LogP contribution in [0.2, 0.25) is 0 Å². The minimum Gasteiger partial charge on any atom is -0.338 e. The van der Waals surface area contributed by atoms with Crippen molar-refractivity contribution in [1.29, 1.82) is 0 Å². The fourth-order valence-corrected chi connectivity index (χ4v) is 3.96. The Morgan fingerprint density at radius 3 is 2.67 bits per heavy atom. The lowest BCUT2D eigenvalue weighted by Gasteiger charge is -2.38. The second-order valence-corrected chi connectivity index (χ2v) is 8.77. The van der Waals surface area contributed by atoms with Crippen molar-refractivity contribution in [1.82, 2.24) is 24.3 Å². The molecule has 8 heteroatoms. The molecule has 0 bridgehead atoms. The smallest absolute Gasteiger partial charge is 0.252 e. The van der Waals surface area contributed by atoms with Crippen LogP contribution in [0.3, 0.4) is 0 Å². The molecule has 1 aliphatic heterocycles. The molecule has 0 atom stereocenters. The summed E-state index contributed by atoms with van der Waals surface area (Å²) in [5.74, 6) is 0.790. The molecule has 1 amide bonds. The van der Waals surface area contributed by atoms with Gasteiger partial charge in [0.05, 0.1) is 0 Å². The SMILES string of the molecule is C=CC(=O)N1CC(CCn2c(=O)ccc3cnc(Nc4ccc(CCN(C)C)cc4)nc32)C1. The van der Waals surface area contributed by atoms with E-state index in [0.29, 0.717) is 37.1 Å². The number of aromatic nitrogens is 3. The number of rotatable bonds is 9. The lowest BCUT2D eigenvalue weighted by Crippen LogP contribution is -2.49. The number of carbonyl (C=O) groups is 1. The van der Waals surface area contributed by atoms with Crippen LogP contribution >= 0.6 is 0 Å². The van der Waals surface area contributed by atoms with Gasteiger partial charge in [-0.25, -0.2) is 4.98 Å². The highest BCUT2D eigenvalue weighted by Crippen LogP contribution is 2.21. The summed E-state index contributed by atoms with van der Waals surface area (Å²) in [7, 11) is 4.13. The Morgan fingerprint density at radius 1 is 1.21 bits per heavy atom. The highest BCUT2D eigenvalue weighted by molar-refractivity contribution is 5.87. The number of benzene rings is 1. The van der Waals surface area contributed by atoms with E-state index in [1.165, 1.54) is 11.6 Å². The summed E-state index contributed by atoms with van der Waals surface area (Å²) in [6, 6.07) is 11.5. The fourth-order valence-electron chi connectivity index (χ4n) is 3.96. The van der Waals surface area contributed by atoms with E-state index in [1.807, 2.05) is 12.1 Å². The van der Waals surface area contributed by atoms with Crippen molar-refractivity contribution in [3.05, 3.63) is 71.2 Å². The van der Waals surface area contributed by atoms with Crippen LogP contribution in [-0.2, 0) is 17.8 Å². The number of aryl methyl sites for hydroxylation is 1. The Labute approximate surface area is 193 Å². The molecule has 1 fully saturated rings. The zero-order valence-electron chi connectivity index (χ0n) is 19.2. The van der Waals surface area contributed by atoms with Crippen LogP contribution < -0.4 is 10.9 Å². The zero-order chi connectivity index (χ0) is 23.4. The second-order valence-electron chi connectivity index (χ2n) is 8.77. The lowest BCUT2D eigenvalue weighted by atomic mass is 9.96. The number of nitrogens with one attached hydrogen (secondary N) is 1. The van der Waals surface area contributed by atoms with E-state index in [0.717, 1.165) is 30.5 Å². The largest absolute Gasteiger partial charge is 0.338 e. The average Bonchev–Trinajstić information content (AvgIpc) is 2.78. The maximum Gasteiger partial charge on any atom is 0.252 e. The summed E-state index contributed by atoms with van der Waals surface area (Å²) in [5, 5.41) is 4.06. The molecule has 3 heterocycles. The number of amides is 1. The number of hydrogen-bond acceptors (Lipinski definition) is 6. The second kappa shape index (κ2) is 9.95. The average molecular weight is 447 g/mol. The summed E-state index contributed by atoms with van der Waals surface area (Å²) >= 11 is 0. The Kier molecular flexibility index (Phi) is 6.84. The van der Waals surface area contributed by atoms with Gasteiger partial charge in [-0.2, -0.15) is 4.98 Å². The number of hydrogen-bond donors (Lipinski definition) is 1. The molecule has 8 nitrogen and oxygen atoms in total. The zero-order valence-corrected chi connectivity index (χ0v) is 19.2. The topological polar surface area (TPSA) is 83.4 Å². The van der Waals surface area contributed by atoms with Crippen LogP contribution in [0.1, 0.15) is 12.0 Å². The van der Waals surface area contributed by atoms with Gasteiger partial charge in [0, 0.05) is 49.5 Å².